The van der Waals surface area contributed by atoms with Gasteiger partial charge in [-0.15, -0.1) is 10.2 Å². The van der Waals surface area contributed by atoms with Gasteiger partial charge in [0, 0.05) is 42.5 Å². The Hall–Kier alpha value is -3.79. The standard InChI is InChI=1S/C41H53N7O3/c1-2-51-38(50)28-7-12-40(13-8-28)21-31(22-40)47-15-10-27(11-16-47)30-23-43-39(44-24-30)41-19-26-9-14-48(25-29(20-41)33(41)17-26)35-18-34(45-46-37(35)42)32-5-3-4-6-36(32)49/h3-6,18,23-24,26-29,31,33,49H,2,7-17,19-22,25H2,1H3,(H2,42,46). The Labute approximate surface area is 301 Å². The number of aromatic hydroxyl groups is 1. The maximum atomic E-state index is 12.2. The Bertz CT molecular complexity index is 1740. The zero-order chi connectivity index (χ0) is 34.7. The van der Waals surface area contributed by atoms with E-state index in [1.54, 1.807) is 6.07 Å². The van der Waals surface area contributed by atoms with Crippen LogP contribution < -0.4 is 10.6 Å². The quantitative estimate of drug-likeness (QED) is 0.265. The normalized spacial score (nSPS) is 33.6. The average Bonchev–Trinajstić information content (AvgIpc) is 3.49. The van der Waals surface area contributed by atoms with Crippen LogP contribution in [0.3, 0.4) is 0 Å². The molecule has 0 amide bonds. The van der Waals surface area contributed by atoms with Gasteiger partial charge in [0.1, 0.15) is 11.6 Å². The Kier molecular flexibility index (Phi) is 8.44. The van der Waals surface area contributed by atoms with Gasteiger partial charge >= 0.3 is 5.97 Å². The SMILES string of the molecule is CCOC(=O)C1CCC2(CC1)CC(N1CCC(c3cnc(C45CC6CCN(c7cc(-c8ccccc8O)nnc7N)CC(C4)C5C6)nc3)CC1)C2. The molecule has 6 aliphatic rings. The van der Waals surface area contributed by atoms with E-state index in [4.69, 9.17) is 20.4 Å². The molecule has 2 bridgehead atoms. The van der Waals surface area contributed by atoms with Crippen LogP contribution in [-0.4, -0.2) is 75.0 Å². The zero-order valence-electron chi connectivity index (χ0n) is 30.1. The van der Waals surface area contributed by atoms with Gasteiger partial charge in [0.05, 0.1) is 23.9 Å². The van der Waals surface area contributed by atoms with E-state index >= 15 is 0 Å². The third kappa shape index (κ3) is 5.85. The Balaban J connectivity index is 0.804. The molecule has 3 aromatic rings. The number of phenols is 1. The number of aromatic nitrogens is 4. The fourth-order valence-electron chi connectivity index (χ4n) is 11.6. The number of nitrogen functional groups attached to an aromatic ring is 1. The summed E-state index contributed by atoms with van der Waals surface area (Å²) < 4.78 is 5.30. The molecule has 4 atom stereocenters. The Morgan fingerprint density at radius 2 is 1.75 bits per heavy atom. The summed E-state index contributed by atoms with van der Waals surface area (Å²) in [5, 5.41) is 19.1. The van der Waals surface area contributed by atoms with Gasteiger partial charge in [-0.05, 0) is 150 Å². The molecule has 2 saturated heterocycles. The molecule has 51 heavy (non-hydrogen) atoms. The lowest BCUT2D eigenvalue weighted by Gasteiger charge is -2.55. The Morgan fingerprint density at radius 1 is 0.980 bits per heavy atom. The molecule has 4 heterocycles. The number of ether oxygens (including phenoxy) is 1. The molecule has 4 unspecified atom stereocenters. The number of nitrogens with zero attached hydrogens (tertiary/aromatic N) is 6. The molecule has 270 valence electrons. The summed E-state index contributed by atoms with van der Waals surface area (Å²) >= 11 is 0. The van der Waals surface area contributed by atoms with Crippen LogP contribution in [-0.2, 0) is 14.9 Å². The van der Waals surface area contributed by atoms with Crippen LogP contribution in [0.1, 0.15) is 101 Å². The second kappa shape index (κ2) is 13.0. The van der Waals surface area contributed by atoms with Crippen molar-refractivity contribution in [3.8, 4) is 17.0 Å². The minimum Gasteiger partial charge on any atom is -0.507 e. The molecule has 10 nitrogen and oxygen atoms in total. The third-order valence-electron chi connectivity index (χ3n) is 14.4. The van der Waals surface area contributed by atoms with Crippen molar-refractivity contribution in [2.75, 3.05) is 43.4 Å². The average molecular weight is 692 g/mol. The van der Waals surface area contributed by atoms with E-state index in [0.717, 1.165) is 63.4 Å². The number of nitrogens with two attached hydrogens (primary N) is 1. The van der Waals surface area contributed by atoms with E-state index in [0.29, 0.717) is 58.8 Å². The highest BCUT2D eigenvalue weighted by atomic mass is 16.5. The van der Waals surface area contributed by atoms with Gasteiger partial charge in [-0.2, -0.15) is 0 Å². The van der Waals surface area contributed by atoms with E-state index in [-0.39, 0.29) is 23.1 Å². The second-order valence-corrected chi connectivity index (χ2v) is 17.0. The number of anilines is 2. The van der Waals surface area contributed by atoms with E-state index < -0.39 is 0 Å². The predicted octanol–water partition coefficient (Wildman–Crippen LogP) is 6.50. The third-order valence-corrected chi connectivity index (χ3v) is 14.4. The van der Waals surface area contributed by atoms with Crippen LogP contribution >= 0.6 is 0 Å². The lowest BCUT2D eigenvalue weighted by Crippen LogP contribution is -2.54. The highest BCUT2D eigenvalue weighted by Gasteiger charge is 2.62. The van der Waals surface area contributed by atoms with E-state index in [2.05, 4.69) is 32.4 Å². The van der Waals surface area contributed by atoms with Crippen molar-refractivity contribution in [2.24, 2.45) is 29.1 Å². The molecular formula is C41H53N7O3. The molecule has 2 aromatic heterocycles. The highest BCUT2D eigenvalue weighted by Crippen LogP contribution is 2.64. The van der Waals surface area contributed by atoms with Crippen molar-refractivity contribution in [3.63, 3.8) is 0 Å². The van der Waals surface area contributed by atoms with Gasteiger partial charge in [-0.25, -0.2) is 9.97 Å². The first-order valence-electron chi connectivity index (χ1n) is 19.7. The summed E-state index contributed by atoms with van der Waals surface area (Å²) in [5.41, 5.74) is 10.6. The number of likely N-dealkylation sites (tertiary alicyclic amines) is 1. The van der Waals surface area contributed by atoms with Gasteiger partial charge in [0.15, 0.2) is 5.82 Å². The second-order valence-electron chi connectivity index (χ2n) is 17.0. The van der Waals surface area contributed by atoms with Crippen molar-refractivity contribution >= 4 is 17.5 Å². The van der Waals surface area contributed by atoms with Gasteiger partial charge in [-0.1, -0.05) is 12.1 Å². The molecule has 2 aliphatic heterocycles. The number of rotatable bonds is 7. The van der Waals surface area contributed by atoms with E-state index in [1.807, 2.05) is 31.2 Å². The summed E-state index contributed by atoms with van der Waals surface area (Å²) in [6, 6.07) is 9.98. The minimum absolute atomic E-state index is 0.0228. The lowest BCUT2D eigenvalue weighted by molar-refractivity contribution is -0.151. The first-order valence-corrected chi connectivity index (χ1v) is 19.7. The van der Waals surface area contributed by atoms with Crippen molar-refractivity contribution in [3.05, 3.63) is 54.1 Å². The number of phenolic OH excluding ortho intramolecular Hbond substituents is 1. The zero-order valence-corrected chi connectivity index (χ0v) is 30.1. The molecule has 3 N–H and O–H groups in total. The van der Waals surface area contributed by atoms with E-state index in [1.165, 1.54) is 56.9 Å². The number of hydrogen-bond acceptors (Lipinski definition) is 10. The van der Waals surface area contributed by atoms with Crippen LogP contribution in [0.15, 0.2) is 42.7 Å². The molecule has 1 spiro atoms. The molecule has 9 rings (SSSR count). The van der Waals surface area contributed by atoms with Crippen LogP contribution in [0, 0.1) is 29.1 Å². The number of esters is 1. The number of benzene rings is 1. The first-order chi connectivity index (χ1) is 24.8. The number of fused-ring (bicyclic) bond motifs is 1. The van der Waals surface area contributed by atoms with Crippen molar-refractivity contribution in [1.82, 2.24) is 25.1 Å². The Morgan fingerprint density at radius 3 is 2.49 bits per heavy atom. The maximum absolute atomic E-state index is 12.2. The predicted molar refractivity (Wildman–Crippen MR) is 196 cm³/mol. The fraction of sp³-hybridized carbons (Fsp3) is 0.634. The molecular weight excluding hydrogens is 638 g/mol. The minimum atomic E-state index is 0.0228. The summed E-state index contributed by atoms with van der Waals surface area (Å²) in [4.78, 5) is 27.7. The lowest BCUT2D eigenvalue weighted by atomic mass is 9.54. The largest absolute Gasteiger partial charge is 0.507 e. The molecule has 1 aromatic carbocycles. The van der Waals surface area contributed by atoms with Gasteiger partial charge in [0.25, 0.3) is 0 Å². The molecule has 4 aliphatic carbocycles. The number of para-hydroxylation sites is 1. The van der Waals surface area contributed by atoms with Crippen LogP contribution in [0.25, 0.3) is 11.3 Å². The number of carbonyl (C=O) groups is 1. The van der Waals surface area contributed by atoms with Gasteiger partial charge in [-0.3, -0.25) is 4.79 Å². The molecule has 6 fully saturated rings. The molecule has 4 saturated carbocycles. The summed E-state index contributed by atoms with van der Waals surface area (Å²) in [6.45, 7) is 6.61. The highest BCUT2D eigenvalue weighted by molar-refractivity contribution is 5.74. The monoisotopic (exact) mass is 691 g/mol. The maximum Gasteiger partial charge on any atom is 0.308 e. The number of hydrogen-bond donors (Lipinski definition) is 2. The van der Waals surface area contributed by atoms with Crippen molar-refractivity contribution < 1.29 is 14.6 Å². The van der Waals surface area contributed by atoms with Crippen molar-refractivity contribution in [2.45, 2.75) is 101 Å². The molecule has 10 heteroatoms. The summed E-state index contributed by atoms with van der Waals surface area (Å²) in [5.74, 6) is 4.23. The van der Waals surface area contributed by atoms with Crippen molar-refractivity contribution in [1.29, 1.82) is 0 Å². The van der Waals surface area contributed by atoms with Gasteiger partial charge in [0.2, 0.25) is 0 Å². The topological polar surface area (TPSA) is 131 Å². The first kappa shape index (κ1) is 33.1. The fourth-order valence-corrected chi connectivity index (χ4v) is 11.6. The summed E-state index contributed by atoms with van der Waals surface area (Å²) in [7, 11) is 0. The van der Waals surface area contributed by atoms with Crippen LogP contribution in [0.2, 0.25) is 0 Å². The number of piperidine rings is 1. The number of carbonyl (C=O) groups excluding carboxylic acids is 1. The molecule has 0 radical (unpaired) electrons. The van der Waals surface area contributed by atoms with Gasteiger partial charge < -0.3 is 25.4 Å². The summed E-state index contributed by atoms with van der Waals surface area (Å²) in [6.07, 6.45) is 18.4. The van der Waals surface area contributed by atoms with Crippen LogP contribution in [0.5, 0.6) is 5.75 Å². The smallest absolute Gasteiger partial charge is 0.308 e. The van der Waals surface area contributed by atoms with E-state index in [9.17, 15) is 9.90 Å². The van der Waals surface area contributed by atoms with Crippen LogP contribution in [0.4, 0.5) is 11.5 Å².